The van der Waals surface area contributed by atoms with Gasteiger partial charge in [0, 0.05) is 36.0 Å². The number of primary amides is 1. The average molecular weight is 595 g/mol. The van der Waals surface area contributed by atoms with E-state index < -0.39 is 30.1 Å². The number of carbonyl (C=O) groups excluding carboxylic acids is 3. The van der Waals surface area contributed by atoms with Crippen LogP contribution in [0.1, 0.15) is 73.1 Å². The fourth-order valence-electron chi connectivity index (χ4n) is 6.54. The minimum atomic E-state index is -1.48. The number of aryl methyl sites for hydroxylation is 2. The topological polar surface area (TPSA) is 165 Å². The van der Waals surface area contributed by atoms with Crippen molar-refractivity contribution in [2.45, 2.75) is 84.8 Å². The largest absolute Gasteiger partial charge is 0.458 e. The summed E-state index contributed by atoms with van der Waals surface area (Å²) in [5, 5.41) is 20.5. The molecule has 4 aliphatic rings. The van der Waals surface area contributed by atoms with E-state index in [-0.39, 0.29) is 29.5 Å². The van der Waals surface area contributed by atoms with Crippen LogP contribution in [0.2, 0.25) is 0 Å². The molecule has 2 aromatic heterocycles. The van der Waals surface area contributed by atoms with E-state index in [0.717, 1.165) is 41.3 Å². The molecule has 5 heterocycles. The molecule has 0 spiro atoms. The Hall–Kier alpha value is -4.16. The standard InChI is InChI=1S/C22H17FN2O4.C7H12N2O3.C2H6/c1-9-10-3-2-4-11-13-7-25-17(19(13)24-16(18(10)11)6-15(9)23)5-12-14(21(25)27)8-29-22(28)20(12)26;1-4(10)9-3-2-5(11)6(9)7(8)12;1-2/h5-6,20,26H,2-4,7-8H2,1H3;5-6,11H,2-3H2,1H3,(H2,8,12);1-2H3. The van der Waals surface area contributed by atoms with Gasteiger partial charge in [-0.1, -0.05) is 13.8 Å². The van der Waals surface area contributed by atoms with Gasteiger partial charge in [-0.15, -0.1) is 0 Å². The molecule has 0 saturated carbocycles. The van der Waals surface area contributed by atoms with E-state index in [1.165, 1.54) is 17.9 Å². The number of esters is 1. The molecule has 1 aliphatic carbocycles. The maximum atomic E-state index is 14.5. The van der Waals surface area contributed by atoms with Crippen LogP contribution in [0.5, 0.6) is 0 Å². The monoisotopic (exact) mass is 594 g/mol. The molecule has 0 bridgehead atoms. The molecule has 11 nitrogen and oxygen atoms in total. The van der Waals surface area contributed by atoms with Crippen molar-refractivity contribution in [1.29, 1.82) is 0 Å². The molecule has 1 aromatic carbocycles. The molecule has 7 rings (SSSR count). The number of nitrogens with zero attached hydrogens (tertiary/aromatic N) is 3. The molecule has 2 amide bonds. The Balaban J connectivity index is 0.000000222. The Bertz CT molecular complexity index is 1730. The van der Waals surface area contributed by atoms with E-state index in [1.807, 2.05) is 13.8 Å². The lowest BCUT2D eigenvalue weighted by atomic mass is 9.85. The van der Waals surface area contributed by atoms with Gasteiger partial charge in [0.2, 0.25) is 11.8 Å². The van der Waals surface area contributed by atoms with Gasteiger partial charge in [0.25, 0.3) is 5.56 Å². The minimum Gasteiger partial charge on any atom is -0.458 e. The molecule has 43 heavy (non-hydrogen) atoms. The molecule has 3 aliphatic heterocycles. The summed E-state index contributed by atoms with van der Waals surface area (Å²) in [6, 6.07) is 2.30. The number of fused-ring (bicyclic) bond motifs is 5. The SMILES string of the molecule is CC.CC(=O)N1CCC(O)C1C(N)=O.Cc1c(F)cc2nc3c(c4c2c1CCC4)Cn1c-3cc2c(c1=O)COC(=O)C2O. The Morgan fingerprint density at radius 3 is 2.44 bits per heavy atom. The Morgan fingerprint density at radius 2 is 1.79 bits per heavy atom. The third-order valence-corrected chi connectivity index (χ3v) is 8.60. The predicted molar refractivity (Wildman–Crippen MR) is 154 cm³/mol. The van der Waals surface area contributed by atoms with Gasteiger partial charge >= 0.3 is 5.97 Å². The molecule has 3 atom stereocenters. The van der Waals surface area contributed by atoms with Crippen LogP contribution in [0.15, 0.2) is 16.9 Å². The van der Waals surface area contributed by atoms with Crippen LogP contribution in [0.3, 0.4) is 0 Å². The van der Waals surface area contributed by atoms with Crippen molar-refractivity contribution in [3.63, 3.8) is 0 Å². The number of halogens is 1. The van der Waals surface area contributed by atoms with Crippen molar-refractivity contribution in [2.24, 2.45) is 5.73 Å². The van der Waals surface area contributed by atoms with E-state index in [9.17, 15) is 33.8 Å². The number of nitrogens with two attached hydrogens (primary N) is 1. The number of aliphatic hydroxyl groups is 2. The van der Waals surface area contributed by atoms with Gasteiger partial charge in [-0.3, -0.25) is 14.4 Å². The number of hydrogen-bond acceptors (Lipinski definition) is 8. The summed E-state index contributed by atoms with van der Waals surface area (Å²) in [4.78, 5) is 52.6. The van der Waals surface area contributed by atoms with Crippen LogP contribution in [-0.2, 0) is 45.1 Å². The van der Waals surface area contributed by atoms with Crippen molar-refractivity contribution in [1.82, 2.24) is 14.5 Å². The first kappa shape index (κ1) is 30.3. The Labute approximate surface area is 247 Å². The first-order valence-electron chi connectivity index (χ1n) is 14.5. The molecular formula is C31H35FN4O7. The highest BCUT2D eigenvalue weighted by Crippen LogP contribution is 2.42. The van der Waals surface area contributed by atoms with E-state index in [4.69, 9.17) is 15.5 Å². The zero-order valence-corrected chi connectivity index (χ0v) is 24.6. The molecule has 228 valence electrons. The normalized spacial score (nSPS) is 21.0. The van der Waals surface area contributed by atoms with Crippen LogP contribution in [0, 0.1) is 12.7 Å². The lowest BCUT2D eigenvalue weighted by Crippen LogP contribution is -2.47. The number of aromatic nitrogens is 2. The summed E-state index contributed by atoms with van der Waals surface area (Å²) in [5.74, 6) is -1.90. The summed E-state index contributed by atoms with van der Waals surface area (Å²) >= 11 is 0. The number of ether oxygens (including phenoxy) is 1. The zero-order chi connectivity index (χ0) is 31.3. The van der Waals surface area contributed by atoms with Crippen LogP contribution in [0.25, 0.3) is 22.3 Å². The van der Waals surface area contributed by atoms with Gasteiger partial charge in [0.05, 0.1) is 35.1 Å². The average Bonchev–Trinajstić information content (AvgIpc) is 3.56. The van der Waals surface area contributed by atoms with Gasteiger partial charge in [-0.25, -0.2) is 14.2 Å². The third-order valence-electron chi connectivity index (χ3n) is 8.60. The molecule has 1 saturated heterocycles. The van der Waals surface area contributed by atoms with Crippen LogP contribution in [0.4, 0.5) is 4.39 Å². The summed E-state index contributed by atoms with van der Waals surface area (Å²) in [6.45, 7) is 7.81. The van der Waals surface area contributed by atoms with Gasteiger partial charge < -0.3 is 30.2 Å². The maximum absolute atomic E-state index is 14.5. The number of pyridine rings is 2. The van der Waals surface area contributed by atoms with Crippen molar-refractivity contribution in [3.05, 3.63) is 61.7 Å². The predicted octanol–water partition coefficient (Wildman–Crippen LogP) is 1.93. The van der Waals surface area contributed by atoms with Crippen molar-refractivity contribution in [2.75, 3.05) is 6.54 Å². The number of cyclic esters (lactones) is 1. The van der Waals surface area contributed by atoms with Crippen molar-refractivity contribution >= 4 is 28.7 Å². The van der Waals surface area contributed by atoms with E-state index >= 15 is 0 Å². The number of benzene rings is 1. The second-order valence-electron chi connectivity index (χ2n) is 10.9. The van der Waals surface area contributed by atoms with Crippen LogP contribution in [-0.4, -0.2) is 61.1 Å². The highest BCUT2D eigenvalue weighted by Gasteiger charge is 2.38. The maximum Gasteiger partial charge on any atom is 0.340 e. The molecule has 3 aromatic rings. The van der Waals surface area contributed by atoms with Gasteiger partial charge in [-0.2, -0.15) is 0 Å². The van der Waals surface area contributed by atoms with E-state index in [1.54, 1.807) is 17.6 Å². The van der Waals surface area contributed by atoms with Crippen molar-refractivity contribution in [3.8, 4) is 11.4 Å². The number of hydrogen-bond donors (Lipinski definition) is 3. The lowest BCUT2D eigenvalue weighted by molar-refractivity contribution is -0.157. The second kappa shape index (κ2) is 11.5. The second-order valence-corrected chi connectivity index (χ2v) is 10.9. The molecule has 12 heteroatoms. The number of likely N-dealkylation sites (tertiary alicyclic amines) is 1. The minimum absolute atomic E-state index is 0.141. The number of aliphatic hydroxyl groups excluding tert-OH is 2. The Kier molecular flexibility index (Phi) is 8.10. The first-order chi connectivity index (χ1) is 20.5. The van der Waals surface area contributed by atoms with Crippen molar-refractivity contribution < 1.29 is 33.7 Å². The number of amides is 2. The lowest BCUT2D eigenvalue weighted by Gasteiger charge is -2.22. The highest BCUT2D eigenvalue weighted by molar-refractivity contribution is 5.92. The van der Waals surface area contributed by atoms with Crippen LogP contribution < -0.4 is 11.3 Å². The molecule has 4 N–H and O–H groups in total. The smallest absolute Gasteiger partial charge is 0.340 e. The van der Waals surface area contributed by atoms with Gasteiger partial charge in [0.15, 0.2) is 6.10 Å². The number of rotatable bonds is 1. The summed E-state index contributed by atoms with van der Waals surface area (Å²) < 4.78 is 21.1. The van der Waals surface area contributed by atoms with Gasteiger partial charge in [0.1, 0.15) is 18.5 Å². The molecular weight excluding hydrogens is 559 g/mol. The molecule has 3 unspecified atom stereocenters. The molecule has 0 radical (unpaired) electrons. The summed E-state index contributed by atoms with van der Waals surface area (Å²) in [5.41, 5.74) is 10.9. The summed E-state index contributed by atoms with van der Waals surface area (Å²) in [6.07, 6.45) is 0.740. The number of carbonyl (C=O) groups is 3. The van der Waals surface area contributed by atoms with E-state index in [0.29, 0.717) is 47.5 Å². The summed E-state index contributed by atoms with van der Waals surface area (Å²) in [7, 11) is 0. The first-order valence-corrected chi connectivity index (χ1v) is 14.5. The molecule has 1 fully saturated rings. The van der Waals surface area contributed by atoms with Crippen LogP contribution >= 0.6 is 0 Å². The quantitative estimate of drug-likeness (QED) is 0.281. The highest BCUT2D eigenvalue weighted by atomic mass is 19.1. The Morgan fingerprint density at radius 1 is 1.09 bits per heavy atom. The fraction of sp³-hybridized carbons (Fsp3) is 0.452. The fourth-order valence-corrected chi connectivity index (χ4v) is 6.54. The van der Waals surface area contributed by atoms with Gasteiger partial charge in [-0.05, 0) is 55.4 Å². The van der Waals surface area contributed by atoms with E-state index in [2.05, 4.69) is 0 Å². The zero-order valence-electron chi connectivity index (χ0n) is 24.6. The third kappa shape index (κ3) is 4.88.